The number of esters is 1. The number of hydrogen-bond acceptors (Lipinski definition) is 4. The van der Waals surface area contributed by atoms with Gasteiger partial charge in [-0.25, -0.2) is 4.79 Å². The van der Waals surface area contributed by atoms with Crippen molar-refractivity contribution >= 4 is 28.9 Å². The smallest absolute Gasteiger partial charge is 0.349 e. The highest BCUT2D eigenvalue weighted by atomic mass is 32.1. The number of ether oxygens (including phenoxy) is 1. The summed E-state index contributed by atoms with van der Waals surface area (Å²) < 4.78 is 5.53. The fourth-order valence-corrected chi connectivity index (χ4v) is 4.32. The molecule has 1 aliphatic carbocycles. The minimum atomic E-state index is -0.790. The fraction of sp³-hybridized carbons (Fsp3) is 0.429. The van der Waals surface area contributed by atoms with Crippen molar-refractivity contribution in [2.24, 2.45) is 0 Å². The summed E-state index contributed by atoms with van der Waals surface area (Å²) >= 11 is 1.51. The van der Waals surface area contributed by atoms with Gasteiger partial charge in [0.25, 0.3) is 5.91 Å². The second-order valence-electron chi connectivity index (χ2n) is 6.88. The first-order valence-corrected chi connectivity index (χ1v) is 10.00. The van der Waals surface area contributed by atoms with Crippen LogP contribution < -0.4 is 5.32 Å². The molecule has 2 aromatic rings. The van der Waals surface area contributed by atoms with Crippen LogP contribution in [0.2, 0.25) is 0 Å². The van der Waals surface area contributed by atoms with E-state index in [4.69, 9.17) is 4.74 Å². The minimum absolute atomic E-state index is 0.282. The molecule has 138 valence electrons. The Bertz CT molecular complexity index is 801. The first-order valence-electron chi connectivity index (χ1n) is 9.18. The second kappa shape index (κ2) is 8.04. The quantitative estimate of drug-likeness (QED) is 0.767. The van der Waals surface area contributed by atoms with Crippen molar-refractivity contribution in [3.63, 3.8) is 0 Å². The van der Waals surface area contributed by atoms with Crippen molar-refractivity contribution < 1.29 is 14.3 Å². The lowest BCUT2D eigenvalue weighted by atomic mass is 9.99. The number of rotatable bonds is 5. The van der Waals surface area contributed by atoms with E-state index < -0.39 is 12.1 Å². The van der Waals surface area contributed by atoms with Gasteiger partial charge < -0.3 is 10.1 Å². The third-order valence-corrected chi connectivity index (χ3v) is 5.98. The van der Waals surface area contributed by atoms with Crippen LogP contribution in [-0.4, -0.2) is 18.0 Å². The fourth-order valence-electron chi connectivity index (χ4n) is 3.18. The molecule has 4 nitrogen and oxygen atoms in total. The van der Waals surface area contributed by atoms with Crippen molar-refractivity contribution in [2.45, 2.75) is 59.0 Å². The predicted molar refractivity (Wildman–Crippen MR) is 105 cm³/mol. The van der Waals surface area contributed by atoms with E-state index in [0.717, 1.165) is 29.7 Å². The Balaban J connectivity index is 1.68. The van der Waals surface area contributed by atoms with Crippen LogP contribution in [-0.2, 0) is 22.4 Å². The molecule has 1 amide bonds. The Morgan fingerprint density at radius 2 is 1.96 bits per heavy atom. The molecular weight excluding hydrogens is 346 g/mol. The summed E-state index contributed by atoms with van der Waals surface area (Å²) in [7, 11) is 0. The topological polar surface area (TPSA) is 55.4 Å². The molecule has 0 fully saturated rings. The second-order valence-corrected chi connectivity index (χ2v) is 8.01. The molecule has 1 atom stereocenters. The minimum Gasteiger partial charge on any atom is -0.448 e. The van der Waals surface area contributed by atoms with E-state index in [1.54, 1.807) is 0 Å². The SMILES string of the molecule is CCC(OC(=O)c1cc2c(s1)CCCC2)C(=O)Nc1cc(C)ccc1C. The van der Waals surface area contributed by atoms with Gasteiger partial charge in [0.1, 0.15) is 4.88 Å². The van der Waals surface area contributed by atoms with Crippen LogP contribution in [0.5, 0.6) is 0 Å². The zero-order chi connectivity index (χ0) is 18.7. The molecule has 1 unspecified atom stereocenters. The van der Waals surface area contributed by atoms with Crippen LogP contribution in [0.15, 0.2) is 24.3 Å². The summed E-state index contributed by atoms with van der Waals surface area (Å²) in [5.41, 5.74) is 4.08. The summed E-state index contributed by atoms with van der Waals surface area (Å²) in [5.74, 6) is -0.678. The first-order chi connectivity index (χ1) is 12.5. The summed E-state index contributed by atoms with van der Waals surface area (Å²) in [5, 5.41) is 2.90. The van der Waals surface area contributed by atoms with Crippen molar-refractivity contribution in [1.82, 2.24) is 0 Å². The lowest BCUT2D eigenvalue weighted by Gasteiger charge is -2.17. The molecule has 26 heavy (non-hydrogen) atoms. The van der Waals surface area contributed by atoms with Crippen molar-refractivity contribution in [2.75, 3.05) is 5.32 Å². The van der Waals surface area contributed by atoms with Crippen LogP contribution in [0.1, 0.15) is 57.4 Å². The summed E-state index contributed by atoms with van der Waals surface area (Å²) in [6.07, 6.45) is 4.07. The van der Waals surface area contributed by atoms with Gasteiger partial charge in [0.15, 0.2) is 6.10 Å². The highest BCUT2D eigenvalue weighted by Gasteiger charge is 2.25. The molecule has 0 spiro atoms. The zero-order valence-corrected chi connectivity index (χ0v) is 16.4. The van der Waals surface area contributed by atoms with Gasteiger partial charge in [-0.05, 0) is 74.8 Å². The summed E-state index contributed by atoms with van der Waals surface area (Å²) in [6.45, 7) is 5.77. The van der Waals surface area contributed by atoms with Crippen LogP contribution in [0.25, 0.3) is 0 Å². The first kappa shape index (κ1) is 18.6. The Morgan fingerprint density at radius 3 is 2.69 bits per heavy atom. The molecule has 1 heterocycles. The Kier molecular flexibility index (Phi) is 5.77. The number of aryl methyl sites for hydroxylation is 4. The number of anilines is 1. The monoisotopic (exact) mass is 371 g/mol. The van der Waals surface area contributed by atoms with Gasteiger partial charge in [0.05, 0.1) is 0 Å². The maximum atomic E-state index is 12.6. The maximum Gasteiger partial charge on any atom is 0.349 e. The number of nitrogens with one attached hydrogen (secondary N) is 1. The number of carbonyl (C=O) groups excluding carboxylic acids is 2. The number of amides is 1. The van der Waals surface area contributed by atoms with E-state index in [2.05, 4.69) is 5.32 Å². The number of thiophene rings is 1. The molecular formula is C21H25NO3S. The third kappa shape index (κ3) is 4.15. The summed E-state index contributed by atoms with van der Waals surface area (Å²) in [4.78, 5) is 27.0. The van der Waals surface area contributed by atoms with Crippen molar-refractivity contribution in [1.29, 1.82) is 0 Å². The van der Waals surface area contributed by atoms with E-state index in [0.29, 0.717) is 11.3 Å². The standard InChI is InChI=1S/C21H25NO3S/c1-4-17(20(23)22-16-11-13(2)9-10-14(16)3)25-21(24)19-12-15-7-5-6-8-18(15)26-19/h9-12,17H,4-8H2,1-3H3,(H,22,23). The molecule has 3 rings (SSSR count). The highest BCUT2D eigenvalue weighted by Crippen LogP contribution is 2.30. The van der Waals surface area contributed by atoms with Gasteiger partial charge in [-0.2, -0.15) is 0 Å². The largest absolute Gasteiger partial charge is 0.448 e. The molecule has 1 N–H and O–H groups in total. The van der Waals surface area contributed by atoms with Gasteiger partial charge >= 0.3 is 5.97 Å². The van der Waals surface area contributed by atoms with E-state index >= 15 is 0 Å². The number of benzene rings is 1. The van der Waals surface area contributed by atoms with Crippen molar-refractivity contribution in [3.05, 3.63) is 50.7 Å². The van der Waals surface area contributed by atoms with Gasteiger partial charge in [0, 0.05) is 10.6 Å². The maximum absolute atomic E-state index is 12.6. The van der Waals surface area contributed by atoms with E-state index in [1.165, 1.54) is 34.6 Å². The van der Waals surface area contributed by atoms with Crippen LogP contribution >= 0.6 is 11.3 Å². The molecule has 1 aromatic carbocycles. The van der Waals surface area contributed by atoms with Crippen molar-refractivity contribution in [3.8, 4) is 0 Å². The lowest BCUT2D eigenvalue weighted by molar-refractivity contribution is -0.124. The van der Waals surface area contributed by atoms with Gasteiger partial charge in [-0.15, -0.1) is 11.3 Å². The molecule has 0 radical (unpaired) electrons. The normalized spacial score (nSPS) is 14.4. The molecule has 0 saturated carbocycles. The lowest BCUT2D eigenvalue weighted by Crippen LogP contribution is -2.32. The molecule has 1 aliphatic rings. The summed E-state index contributed by atoms with van der Waals surface area (Å²) in [6, 6.07) is 7.83. The van der Waals surface area contributed by atoms with Crippen LogP contribution in [0.3, 0.4) is 0 Å². The average Bonchev–Trinajstić information content (AvgIpc) is 3.06. The van der Waals surface area contributed by atoms with Crippen LogP contribution in [0.4, 0.5) is 5.69 Å². The van der Waals surface area contributed by atoms with Gasteiger partial charge in [-0.3, -0.25) is 4.79 Å². The highest BCUT2D eigenvalue weighted by molar-refractivity contribution is 7.14. The number of fused-ring (bicyclic) bond motifs is 1. The third-order valence-electron chi connectivity index (χ3n) is 4.76. The molecule has 1 aromatic heterocycles. The molecule has 0 bridgehead atoms. The Labute approximate surface area is 158 Å². The van der Waals surface area contributed by atoms with E-state index in [1.807, 2.05) is 45.0 Å². The molecule has 5 heteroatoms. The predicted octanol–water partition coefficient (Wildman–Crippen LogP) is 4.82. The van der Waals surface area contributed by atoms with Crippen LogP contribution in [0, 0.1) is 13.8 Å². The van der Waals surface area contributed by atoms with E-state index in [9.17, 15) is 9.59 Å². The number of carbonyl (C=O) groups is 2. The Hall–Kier alpha value is -2.14. The van der Waals surface area contributed by atoms with Gasteiger partial charge in [-0.1, -0.05) is 19.1 Å². The Morgan fingerprint density at radius 1 is 1.19 bits per heavy atom. The zero-order valence-electron chi connectivity index (χ0n) is 15.6. The molecule has 0 aliphatic heterocycles. The van der Waals surface area contributed by atoms with E-state index in [-0.39, 0.29) is 5.91 Å². The average molecular weight is 372 g/mol. The molecule has 0 saturated heterocycles. The number of hydrogen-bond donors (Lipinski definition) is 1. The van der Waals surface area contributed by atoms with Gasteiger partial charge in [0.2, 0.25) is 0 Å².